The summed E-state index contributed by atoms with van der Waals surface area (Å²) in [7, 11) is 0. The largest absolute Gasteiger partial charge is 0.316 e. The molecule has 3 aromatic rings. The maximum Gasteiger partial charge on any atom is 0.316 e. The molecular weight excluding hydrogens is 390 g/mol. The summed E-state index contributed by atoms with van der Waals surface area (Å²) >= 11 is 1.40. The standard InChI is InChI=1S/C20H23N5O3S/c1-2-25-16-7-6-13(10-15(16)22-18(27)19(25)28)17(26)23-20-21-14(12-29-20)11-24-8-4-3-5-9-24/h6-7,10,12H,2-5,8-9,11H2,1H3,(H,22,27)(H,21,23,26). The van der Waals surface area contributed by atoms with Crippen molar-refractivity contribution in [1.29, 1.82) is 0 Å². The molecular formula is C20H23N5O3S. The molecule has 1 amide bonds. The van der Waals surface area contributed by atoms with Gasteiger partial charge in [-0.15, -0.1) is 11.3 Å². The van der Waals surface area contributed by atoms with Gasteiger partial charge in [-0.2, -0.15) is 0 Å². The minimum atomic E-state index is -0.695. The number of hydrogen-bond acceptors (Lipinski definition) is 6. The molecule has 8 nitrogen and oxygen atoms in total. The molecule has 9 heteroatoms. The van der Waals surface area contributed by atoms with Crippen LogP contribution in [0.4, 0.5) is 5.13 Å². The van der Waals surface area contributed by atoms with Crippen molar-refractivity contribution in [3.63, 3.8) is 0 Å². The third kappa shape index (κ3) is 4.15. The van der Waals surface area contributed by atoms with E-state index >= 15 is 0 Å². The number of aromatic amines is 1. The molecule has 1 saturated heterocycles. The number of nitrogens with one attached hydrogen (secondary N) is 2. The number of nitrogens with zero attached hydrogens (tertiary/aromatic N) is 3. The number of aryl methyl sites for hydroxylation is 1. The van der Waals surface area contributed by atoms with E-state index in [1.807, 2.05) is 5.38 Å². The van der Waals surface area contributed by atoms with Crippen LogP contribution in [0.25, 0.3) is 11.0 Å². The second-order valence-corrected chi connectivity index (χ2v) is 8.03. The molecule has 152 valence electrons. The molecule has 0 atom stereocenters. The fraction of sp³-hybridized carbons (Fsp3) is 0.400. The van der Waals surface area contributed by atoms with Crippen molar-refractivity contribution in [1.82, 2.24) is 19.4 Å². The van der Waals surface area contributed by atoms with Gasteiger partial charge in [0.05, 0.1) is 16.7 Å². The Bertz CT molecular complexity index is 1160. The van der Waals surface area contributed by atoms with E-state index in [-0.39, 0.29) is 5.91 Å². The number of carbonyl (C=O) groups is 1. The number of benzene rings is 1. The van der Waals surface area contributed by atoms with E-state index in [1.165, 1.54) is 35.2 Å². The van der Waals surface area contributed by atoms with Gasteiger partial charge < -0.3 is 9.55 Å². The highest BCUT2D eigenvalue weighted by Gasteiger charge is 2.15. The Balaban J connectivity index is 1.51. The molecule has 0 radical (unpaired) electrons. The van der Waals surface area contributed by atoms with Crippen molar-refractivity contribution in [2.45, 2.75) is 39.3 Å². The number of hydrogen-bond donors (Lipinski definition) is 2. The summed E-state index contributed by atoms with van der Waals surface area (Å²) in [6.07, 6.45) is 3.74. The molecule has 0 spiro atoms. The average molecular weight is 414 g/mol. The molecule has 1 aromatic carbocycles. The number of carbonyl (C=O) groups excluding carboxylic acids is 1. The van der Waals surface area contributed by atoms with E-state index in [0.29, 0.717) is 28.3 Å². The summed E-state index contributed by atoms with van der Waals surface area (Å²) in [6.45, 7) is 5.17. The zero-order valence-electron chi connectivity index (χ0n) is 16.2. The monoisotopic (exact) mass is 413 g/mol. The number of anilines is 1. The van der Waals surface area contributed by atoms with Crippen molar-refractivity contribution < 1.29 is 4.79 Å². The predicted octanol–water partition coefficient (Wildman–Crippen LogP) is 2.40. The first-order valence-corrected chi connectivity index (χ1v) is 10.7. The molecule has 0 aliphatic carbocycles. The lowest BCUT2D eigenvalue weighted by molar-refractivity contribution is 0.102. The second kappa shape index (κ2) is 8.30. The molecule has 0 saturated carbocycles. The van der Waals surface area contributed by atoms with Crippen molar-refractivity contribution in [2.75, 3.05) is 18.4 Å². The Morgan fingerprint density at radius 3 is 2.79 bits per heavy atom. The highest BCUT2D eigenvalue weighted by atomic mass is 32.1. The number of piperidine rings is 1. The Kier molecular flexibility index (Phi) is 5.59. The van der Waals surface area contributed by atoms with Crippen molar-refractivity contribution in [3.05, 3.63) is 55.5 Å². The minimum absolute atomic E-state index is 0.305. The van der Waals surface area contributed by atoms with Crippen LogP contribution in [0.5, 0.6) is 0 Å². The molecule has 2 N–H and O–H groups in total. The summed E-state index contributed by atoms with van der Waals surface area (Å²) < 4.78 is 1.39. The van der Waals surface area contributed by atoms with Crippen LogP contribution < -0.4 is 16.4 Å². The van der Waals surface area contributed by atoms with Gasteiger partial charge in [0, 0.05) is 24.0 Å². The molecule has 29 heavy (non-hydrogen) atoms. The number of likely N-dealkylation sites (tertiary alicyclic amines) is 1. The Hall–Kier alpha value is -2.78. The quantitative estimate of drug-likeness (QED) is 0.626. The van der Waals surface area contributed by atoms with Gasteiger partial charge in [0.15, 0.2) is 5.13 Å². The van der Waals surface area contributed by atoms with Crippen LogP contribution in [0.15, 0.2) is 33.2 Å². The molecule has 1 fully saturated rings. The molecule has 2 aromatic heterocycles. The van der Waals surface area contributed by atoms with Gasteiger partial charge in [0.1, 0.15) is 0 Å². The van der Waals surface area contributed by atoms with Gasteiger partial charge in [-0.1, -0.05) is 6.42 Å². The first-order valence-electron chi connectivity index (χ1n) is 9.80. The molecule has 3 heterocycles. The van der Waals surface area contributed by atoms with E-state index in [0.717, 1.165) is 25.3 Å². The first-order chi connectivity index (χ1) is 14.0. The number of H-pyrrole nitrogens is 1. The van der Waals surface area contributed by atoms with Crippen LogP contribution in [-0.4, -0.2) is 38.4 Å². The lowest BCUT2D eigenvalue weighted by Gasteiger charge is -2.25. The average Bonchev–Trinajstić information content (AvgIpc) is 3.16. The lowest BCUT2D eigenvalue weighted by Crippen LogP contribution is -2.36. The predicted molar refractivity (Wildman–Crippen MR) is 114 cm³/mol. The fourth-order valence-corrected chi connectivity index (χ4v) is 4.38. The minimum Gasteiger partial charge on any atom is -0.316 e. The van der Waals surface area contributed by atoms with E-state index in [4.69, 9.17) is 0 Å². The fourth-order valence-electron chi connectivity index (χ4n) is 3.69. The molecule has 0 bridgehead atoms. The zero-order chi connectivity index (χ0) is 20.4. The topological polar surface area (TPSA) is 100 Å². The van der Waals surface area contributed by atoms with Crippen LogP contribution in [-0.2, 0) is 13.1 Å². The van der Waals surface area contributed by atoms with Crippen molar-refractivity contribution in [3.8, 4) is 0 Å². The Morgan fingerprint density at radius 1 is 1.24 bits per heavy atom. The Morgan fingerprint density at radius 2 is 2.03 bits per heavy atom. The Labute approximate surface area is 171 Å². The van der Waals surface area contributed by atoms with Gasteiger partial charge in [0.25, 0.3) is 5.91 Å². The maximum absolute atomic E-state index is 12.6. The SMILES string of the molecule is CCn1c(=O)c(=O)[nH]c2cc(C(=O)Nc3nc(CN4CCCCC4)cs3)ccc21. The van der Waals surface area contributed by atoms with Gasteiger partial charge in [-0.05, 0) is 51.1 Å². The zero-order valence-corrected chi connectivity index (χ0v) is 17.1. The second-order valence-electron chi connectivity index (χ2n) is 7.17. The first kappa shape index (κ1) is 19.5. The molecule has 0 unspecified atom stereocenters. The van der Waals surface area contributed by atoms with Gasteiger partial charge in [0.2, 0.25) is 0 Å². The van der Waals surface area contributed by atoms with E-state index in [1.54, 1.807) is 25.1 Å². The summed E-state index contributed by atoms with van der Waals surface area (Å²) in [5.41, 5.74) is 1.10. The van der Waals surface area contributed by atoms with Crippen LogP contribution in [0.2, 0.25) is 0 Å². The van der Waals surface area contributed by atoms with E-state index in [9.17, 15) is 14.4 Å². The third-order valence-corrected chi connectivity index (χ3v) is 5.97. The van der Waals surface area contributed by atoms with Crippen molar-refractivity contribution in [2.24, 2.45) is 0 Å². The highest BCUT2D eigenvalue weighted by Crippen LogP contribution is 2.20. The lowest BCUT2D eigenvalue weighted by atomic mass is 10.1. The number of thiazole rings is 1. The summed E-state index contributed by atoms with van der Waals surface area (Å²) in [5, 5.41) is 5.35. The number of amides is 1. The van der Waals surface area contributed by atoms with Crippen LogP contribution in [0, 0.1) is 0 Å². The number of rotatable bonds is 5. The molecule has 1 aliphatic rings. The number of aromatic nitrogens is 3. The van der Waals surface area contributed by atoms with Gasteiger partial charge >= 0.3 is 11.1 Å². The highest BCUT2D eigenvalue weighted by molar-refractivity contribution is 7.14. The third-order valence-electron chi connectivity index (χ3n) is 5.16. The molecule has 1 aliphatic heterocycles. The van der Waals surface area contributed by atoms with Crippen LogP contribution in [0.1, 0.15) is 42.2 Å². The van der Waals surface area contributed by atoms with Crippen LogP contribution >= 0.6 is 11.3 Å². The summed E-state index contributed by atoms with van der Waals surface area (Å²) in [4.78, 5) is 45.9. The van der Waals surface area contributed by atoms with Gasteiger partial charge in [-0.25, -0.2) is 4.98 Å². The van der Waals surface area contributed by atoms with Crippen molar-refractivity contribution >= 4 is 33.4 Å². The summed E-state index contributed by atoms with van der Waals surface area (Å²) in [5.74, 6) is -0.305. The van der Waals surface area contributed by atoms with Gasteiger partial charge in [-0.3, -0.25) is 24.6 Å². The molecule has 4 rings (SSSR count). The smallest absolute Gasteiger partial charge is 0.316 e. The summed E-state index contributed by atoms with van der Waals surface area (Å²) in [6, 6.07) is 4.90. The van der Waals surface area contributed by atoms with E-state index < -0.39 is 11.1 Å². The van der Waals surface area contributed by atoms with E-state index in [2.05, 4.69) is 20.2 Å². The normalized spacial score (nSPS) is 14.9. The maximum atomic E-state index is 12.6. The number of fused-ring (bicyclic) bond motifs is 1. The van der Waals surface area contributed by atoms with Crippen LogP contribution in [0.3, 0.4) is 0 Å².